The number of thiocarbonyl (C=S) groups is 1. The standard InChI is InChI=1S/C19H19Cl3N2O2S/c1-11(2)7-8-26-17-6-4-3-5-12(17)18(25)24-19(27)23-16-10-14(21)13(20)9-15(16)22/h3-6,9-11H,7-8H2,1-2H3,(H2,23,24,25,27). The van der Waals surface area contributed by atoms with Gasteiger partial charge in [-0.1, -0.05) is 60.8 Å². The predicted molar refractivity (Wildman–Crippen MR) is 117 cm³/mol. The van der Waals surface area contributed by atoms with Gasteiger partial charge in [-0.3, -0.25) is 10.1 Å². The van der Waals surface area contributed by atoms with Crippen molar-refractivity contribution in [1.29, 1.82) is 0 Å². The number of nitrogens with one attached hydrogen (secondary N) is 2. The van der Waals surface area contributed by atoms with Gasteiger partial charge in [0.2, 0.25) is 0 Å². The van der Waals surface area contributed by atoms with Crippen LogP contribution in [0.1, 0.15) is 30.6 Å². The fourth-order valence-corrected chi connectivity index (χ4v) is 2.92. The second-order valence-corrected chi connectivity index (χ2v) is 7.81. The highest BCUT2D eigenvalue weighted by Gasteiger charge is 2.15. The Morgan fingerprint density at radius 2 is 1.78 bits per heavy atom. The first kappa shape index (κ1) is 21.8. The molecule has 144 valence electrons. The van der Waals surface area contributed by atoms with Crippen molar-refractivity contribution in [3.8, 4) is 5.75 Å². The van der Waals surface area contributed by atoms with Crippen molar-refractivity contribution in [3.05, 3.63) is 57.0 Å². The van der Waals surface area contributed by atoms with Crippen molar-refractivity contribution < 1.29 is 9.53 Å². The van der Waals surface area contributed by atoms with Crippen molar-refractivity contribution in [2.45, 2.75) is 20.3 Å². The van der Waals surface area contributed by atoms with Gasteiger partial charge in [0, 0.05) is 0 Å². The summed E-state index contributed by atoms with van der Waals surface area (Å²) in [6.07, 6.45) is 0.895. The van der Waals surface area contributed by atoms with E-state index in [0.29, 0.717) is 44.6 Å². The predicted octanol–water partition coefficient (Wildman–Crippen LogP) is 6.20. The number of amides is 1. The number of halogens is 3. The third-order valence-corrected chi connectivity index (χ3v) is 4.81. The molecule has 0 fully saturated rings. The fourth-order valence-electron chi connectivity index (χ4n) is 2.13. The third-order valence-electron chi connectivity index (χ3n) is 3.57. The van der Waals surface area contributed by atoms with Gasteiger partial charge in [-0.25, -0.2) is 0 Å². The Morgan fingerprint density at radius 1 is 1.11 bits per heavy atom. The number of hydrogen-bond donors (Lipinski definition) is 2. The summed E-state index contributed by atoms with van der Waals surface area (Å²) < 4.78 is 5.74. The van der Waals surface area contributed by atoms with Crippen LogP contribution in [0.3, 0.4) is 0 Å². The lowest BCUT2D eigenvalue weighted by atomic mass is 10.1. The average Bonchev–Trinajstić information content (AvgIpc) is 2.59. The van der Waals surface area contributed by atoms with Gasteiger partial charge >= 0.3 is 0 Å². The summed E-state index contributed by atoms with van der Waals surface area (Å²) in [6, 6.07) is 10.0. The molecule has 2 N–H and O–H groups in total. The lowest BCUT2D eigenvalue weighted by molar-refractivity contribution is 0.0973. The van der Waals surface area contributed by atoms with Crippen LogP contribution in [-0.2, 0) is 0 Å². The van der Waals surface area contributed by atoms with Crippen LogP contribution in [-0.4, -0.2) is 17.6 Å². The molecule has 4 nitrogen and oxygen atoms in total. The van der Waals surface area contributed by atoms with Crippen LogP contribution in [0.5, 0.6) is 5.75 Å². The molecule has 1 amide bonds. The summed E-state index contributed by atoms with van der Waals surface area (Å²) in [5.41, 5.74) is 0.837. The smallest absolute Gasteiger partial charge is 0.261 e. The molecule has 0 spiro atoms. The van der Waals surface area contributed by atoms with Crippen LogP contribution in [0.15, 0.2) is 36.4 Å². The zero-order valence-corrected chi connectivity index (χ0v) is 17.9. The lowest BCUT2D eigenvalue weighted by Gasteiger charge is -2.14. The van der Waals surface area contributed by atoms with Gasteiger partial charge in [0.25, 0.3) is 5.91 Å². The minimum atomic E-state index is -0.385. The highest BCUT2D eigenvalue weighted by molar-refractivity contribution is 7.80. The molecule has 0 heterocycles. The van der Waals surface area contributed by atoms with Gasteiger partial charge in [0.05, 0.1) is 32.9 Å². The molecule has 0 saturated carbocycles. The van der Waals surface area contributed by atoms with Crippen LogP contribution in [0.25, 0.3) is 0 Å². The van der Waals surface area contributed by atoms with E-state index in [-0.39, 0.29) is 11.0 Å². The van der Waals surface area contributed by atoms with Crippen LogP contribution < -0.4 is 15.4 Å². The molecule has 0 radical (unpaired) electrons. The molecule has 0 saturated heterocycles. The van der Waals surface area contributed by atoms with E-state index < -0.39 is 0 Å². The Morgan fingerprint density at radius 3 is 2.48 bits per heavy atom. The van der Waals surface area contributed by atoms with E-state index in [1.807, 2.05) is 6.07 Å². The van der Waals surface area contributed by atoms with Crippen LogP contribution in [0.2, 0.25) is 15.1 Å². The number of anilines is 1. The second-order valence-electron chi connectivity index (χ2n) is 6.18. The summed E-state index contributed by atoms with van der Waals surface area (Å²) in [6.45, 7) is 4.75. The lowest BCUT2D eigenvalue weighted by Crippen LogP contribution is -2.34. The minimum Gasteiger partial charge on any atom is -0.493 e. The quantitative estimate of drug-likeness (QED) is 0.410. The van der Waals surface area contributed by atoms with Crippen molar-refractivity contribution in [2.24, 2.45) is 5.92 Å². The van der Waals surface area contributed by atoms with Gasteiger partial charge < -0.3 is 10.1 Å². The normalized spacial score (nSPS) is 10.6. The summed E-state index contributed by atoms with van der Waals surface area (Å²) in [4.78, 5) is 12.6. The summed E-state index contributed by atoms with van der Waals surface area (Å²) >= 11 is 23.2. The number of para-hydroxylation sites is 1. The summed E-state index contributed by atoms with van der Waals surface area (Å²) in [5, 5.41) is 6.51. The number of rotatable bonds is 6. The van der Waals surface area contributed by atoms with Crippen molar-refractivity contribution in [2.75, 3.05) is 11.9 Å². The van der Waals surface area contributed by atoms with Gasteiger partial charge in [0.1, 0.15) is 5.75 Å². The minimum absolute atomic E-state index is 0.0808. The Bertz CT molecular complexity index is 844. The molecule has 0 bridgehead atoms. The van der Waals surface area contributed by atoms with Crippen LogP contribution >= 0.6 is 47.0 Å². The first-order valence-electron chi connectivity index (χ1n) is 8.26. The number of hydrogen-bond acceptors (Lipinski definition) is 3. The van der Waals surface area contributed by atoms with Gasteiger partial charge in [-0.2, -0.15) is 0 Å². The highest BCUT2D eigenvalue weighted by Crippen LogP contribution is 2.32. The van der Waals surface area contributed by atoms with Crippen molar-refractivity contribution >= 4 is 63.7 Å². The monoisotopic (exact) mass is 444 g/mol. The van der Waals surface area contributed by atoms with E-state index in [0.717, 1.165) is 6.42 Å². The number of benzene rings is 2. The van der Waals surface area contributed by atoms with Gasteiger partial charge in [0.15, 0.2) is 5.11 Å². The molecule has 2 rings (SSSR count). The molecule has 0 unspecified atom stereocenters. The Kier molecular flexibility index (Phi) is 8.17. The molecular formula is C19H19Cl3N2O2S. The van der Waals surface area contributed by atoms with E-state index in [1.54, 1.807) is 18.2 Å². The Balaban J connectivity index is 2.04. The molecule has 8 heteroatoms. The molecule has 0 aromatic heterocycles. The maximum absolute atomic E-state index is 12.6. The fraction of sp³-hybridized carbons (Fsp3) is 0.263. The molecule has 27 heavy (non-hydrogen) atoms. The van der Waals surface area contributed by atoms with E-state index in [1.165, 1.54) is 12.1 Å². The van der Waals surface area contributed by atoms with Crippen molar-refractivity contribution in [3.63, 3.8) is 0 Å². The largest absolute Gasteiger partial charge is 0.493 e. The first-order chi connectivity index (χ1) is 12.8. The third kappa shape index (κ3) is 6.54. The molecule has 0 atom stereocenters. The maximum atomic E-state index is 12.6. The van der Waals surface area contributed by atoms with E-state index in [4.69, 9.17) is 51.8 Å². The summed E-state index contributed by atoms with van der Waals surface area (Å²) in [5.74, 6) is 0.633. The molecule has 2 aromatic rings. The average molecular weight is 446 g/mol. The Hall–Kier alpha value is -1.53. The van der Waals surface area contributed by atoms with Crippen LogP contribution in [0.4, 0.5) is 5.69 Å². The number of ether oxygens (including phenoxy) is 1. The number of carbonyl (C=O) groups is 1. The van der Waals surface area contributed by atoms with Crippen LogP contribution in [0, 0.1) is 5.92 Å². The number of carbonyl (C=O) groups excluding carboxylic acids is 1. The maximum Gasteiger partial charge on any atom is 0.261 e. The molecule has 2 aromatic carbocycles. The molecule has 0 aliphatic rings. The molecular weight excluding hydrogens is 427 g/mol. The molecule has 0 aliphatic heterocycles. The highest BCUT2D eigenvalue weighted by atomic mass is 35.5. The van der Waals surface area contributed by atoms with E-state index in [9.17, 15) is 4.79 Å². The zero-order chi connectivity index (χ0) is 20.0. The molecule has 0 aliphatic carbocycles. The summed E-state index contributed by atoms with van der Waals surface area (Å²) in [7, 11) is 0. The Labute approximate surface area is 179 Å². The van der Waals surface area contributed by atoms with Gasteiger partial charge in [-0.15, -0.1) is 0 Å². The topological polar surface area (TPSA) is 50.4 Å². The zero-order valence-electron chi connectivity index (χ0n) is 14.8. The van der Waals surface area contributed by atoms with E-state index in [2.05, 4.69) is 24.5 Å². The second kappa shape index (κ2) is 10.1. The van der Waals surface area contributed by atoms with E-state index >= 15 is 0 Å². The first-order valence-corrected chi connectivity index (χ1v) is 9.81. The SMILES string of the molecule is CC(C)CCOc1ccccc1C(=O)NC(=S)Nc1cc(Cl)c(Cl)cc1Cl. The van der Waals surface area contributed by atoms with Crippen molar-refractivity contribution in [1.82, 2.24) is 5.32 Å². The van der Waals surface area contributed by atoms with Gasteiger partial charge in [-0.05, 0) is 48.8 Å².